The highest BCUT2D eigenvalue weighted by Gasteiger charge is 2.37. The van der Waals surface area contributed by atoms with Crippen LogP contribution in [0, 0.1) is 0 Å². The van der Waals surface area contributed by atoms with Crippen molar-refractivity contribution in [3.05, 3.63) is 35.9 Å². The van der Waals surface area contributed by atoms with Gasteiger partial charge in [0.2, 0.25) is 0 Å². The highest BCUT2D eigenvalue weighted by Crippen LogP contribution is 2.20. The molecule has 20 heavy (non-hydrogen) atoms. The van der Waals surface area contributed by atoms with Gasteiger partial charge in [-0.1, -0.05) is 30.3 Å². The maximum absolute atomic E-state index is 10.3. The van der Waals surface area contributed by atoms with Crippen molar-refractivity contribution < 1.29 is 24.4 Å². The van der Waals surface area contributed by atoms with Crippen LogP contribution in [0.15, 0.2) is 30.3 Å². The zero-order chi connectivity index (χ0) is 14.5. The lowest BCUT2D eigenvalue weighted by Gasteiger charge is -2.28. The summed E-state index contributed by atoms with van der Waals surface area (Å²) in [5.41, 5.74) is 0.988. The second-order valence-electron chi connectivity index (χ2n) is 5.07. The molecule has 0 aromatic heterocycles. The van der Waals surface area contributed by atoms with E-state index in [0.29, 0.717) is 13.2 Å². The Morgan fingerprint density at radius 3 is 2.55 bits per heavy atom. The Hall–Kier alpha value is -0.980. The summed E-state index contributed by atoms with van der Waals surface area (Å²) in [5, 5.41) is 20.1. The molecule has 0 saturated carbocycles. The third kappa shape index (κ3) is 4.01. The molecule has 0 aliphatic carbocycles. The third-order valence-electron chi connectivity index (χ3n) is 3.34. The molecule has 1 aliphatic rings. The summed E-state index contributed by atoms with van der Waals surface area (Å²) in [4.78, 5) is 0. The lowest BCUT2D eigenvalue weighted by atomic mass is 10.0. The van der Waals surface area contributed by atoms with E-state index in [-0.39, 0.29) is 6.29 Å². The second-order valence-corrected chi connectivity index (χ2v) is 5.07. The van der Waals surface area contributed by atoms with E-state index in [1.54, 1.807) is 13.8 Å². The highest BCUT2D eigenvalue weighted by atomic mass is 16.7. The first-order valence-electron chi connectivity index (χ1n) is 6.86. The van der Waals surface area contributed by atoms with Crippen molar-refractivity contribution >= 4 is 0 Å². The van der Waals surface area contributed by atoms with Gasteiger partial charge in [0.05, 0.1) is 19.3 Å². The molecule has 4 unspecified atom stereocenters. The summed E-state index contributed by atoms with van der Waals surface area (Å²) < 4.78 is 16.4. The van der Waals surface area contributed by atoms with Crippen molar-refractivity contribution in [3.63, 3.8) is 0 Å². The van der Waals surface area contributed by atoms with Crippen LogP contribution in [-0.4, -0.2) is 47.5 Å². The number of hydrogen-bond acceptors (Lipinski definition) is 5. The van der Waals surface area contributed by atoms with E-state index in [1.165, 1.54) is 0 Å². The normalized spacial score (nSPS) is 27.2. The van der Waals surface area contributed by atoms with E-state index < -0.39 is 24.4 Å². The van der Waals surface area contributed by atoms with Crippen LogP contribution >= 0.6 is 0 Å². The zero-order valence-corrected chi connectivity index (χ0v) is 11.8. The molecule has 0 bridgehead atoms. The highest BCUT2D eigenvalue weighted by molar-refractivity contribution is 5.13. The van der Waals surface area contributed by atoms with Gasteiger partial charge in [-0.2, -0.15) is 0 Å². The molecule has 0 amide bonds. The SMILES string of the molecule is CC1OC[C@@H](C(O)C(OCc2ccccc2)C(C)O)O1. The standard InChI is InChI=1S/C15H22O5/c1-10(16)15(14(17)13-9-18-11(2)20-13)19-8-12-6-4-3-5-7-12/h3-7,10-11,13-17H,8-9H2,1-2H3/t10?,11?,13-,14?,15?/m0/s1. The van der Waals surface area contributed by atoms with E-state index in [9.17, 15) is 10.2 Å². The fourth-order valence-corrected chi connectivity index (χ4v) is 2.24. The van der Waals surface area contributed by atoms with Gasteiger partial charge in [-0.15, -0.1) is 0 Å². The van der Waals surface area contributed by atoms with Gasteiger partial charge >= 0.3 is 0 Å². The van der Waals surface area contributed by atoms with Crippen LogP contribution in [0.4, 0.5) is 0 Å². The van der Waals surface area contributed by atoms with Gasteiger partial charge < -0.3 is 24.4 Å². The first-order valence-corrected chi connectivity index (χ1v) is 6.86. The van der Waals surface area contributed by atoms with Gasteiger partial charge in [0.25, 0.3) is 0 Å². The lowest BCUT2D eigenvalue weighted by Crippen LogP contribution is -2.46. The fraction of sp³-hybridized carbons (Fsp3) is 0.600. The molecule has 1 aromatic carbocycles. The third-order valence-corrected chi connectivity index (χ3v) is 3.34. The fourth-order valence-electron chi connectivity index (χ4n) is 2.24. The molecular weight excluding hydrogens is 260 g/mol. The van der Waals surface area contributed by atoms with Gasteiger partial charge in [-0.05, 0) is 19.4 Å². The Labute approximate surface area is 119 Å². The Balaban J connectivity index is 1.93. The molecule has 0 radical (unpaired) electrons. The van der Waals surface area contributed by atoms with E-state index in [4.69, 9.17) is 14.2 Å². The molecule has 1 fully saturated rings. The summed E-state index contributed by atoms with van der Waals surface area (Å²) in [6, 6.07) is 9.63. The van der Waals surface area contributed by atoms with E-state index in [0.717, 1.165) is 5.56 Å². The molecule has 1 aliphatic heterocycles. The monoisotopic (exact) mass is 282 g/mol. The van der Waals surface area contributed by atoms with Crippen molar-refractivity contribution in [1.82, 2.24) is 0 Å². The first-order chi connectivity index (χ1) is 9.58. The first kappa shape index (κ1) is 15.4. The lowest BCUT2D eigenvalue weighted by molar-refractivity contribution is -0.145. The minimum absolute atomic E-state index is 0.306. The van der Waals surface area contributed by atoms with Crippen molar-refractivity contribution in [3.8, 4) is 0 Å². The number of rotatable bonds is 6. The Morgan fingerprint density at radius 1 is 1.30 bits per heavy atom. The quantitative estimate of drug-likeness (QED) is 0.817. The van der Waals surface area contributed by atoms with Crippen LogP contribution < -0.4 is 0 Å². The van der Waals surface area contributed by atoms with Crippen molar-refractivity contribution in [2.75, 3.05) is 6.61 Å². The molecule has 2 N–H and O–H groups in total. The molecule has 5 nitrogen and oxygen atoms in total. The molecule has 1 saturated heterocycles. The molecule has 5 heteroatoms. The average molecular weight is 282 g/mol. The molecule has 1 heterocycles. The molecule has 0 spiro atoms. The number of aliphatic hydroxyl groups is 2. The van der Waals surface area contributed by atoms with Crippen molar-refractivity contribution in [2.24, 2.45) is 0 Å². The van der Waals surface area contributed by atoms with Crippen LogP contribution in [0.25, 0.3) is 0 Å². The van der Waals surface area contributed by atoms with Gasteiger partial charge in [0.15, 0.2) is 6.29 Å². The Kier molecular flexibility index (Phi) is 5.51. The summed E-state index contributed by atoms with van der Waals surface area (Å²) in [6.45, 7) is 4.00. The molecule has 1 aromatic rings. The van der Waals surface area contributed by atoms with Gasteiger partial charge in [-0.25, -0.2) is 0 Å². The zero-order valence-electron chi connectivity index (χ0n) is 11.8. The summed E-state index contributed by atoms with van der Waals surface area (Å²) in [6.07, 6.45) is -3.25. The predicted molar refractivity (Wildman–Crippen MR) is 73.0 cm³/mol. The number of hydrogen-bond donors (Lipinski definition) is 2. The van der Waals surface area contributed by atoms with E-state index in [2.05, 4.69) is 0 Å². The molecular formula is C15H22O5. The number of aliphatic hydroxyl groups excluding tert-OH is 2. The van der Waals surface area contributed by atoms with Crippen LogP contribution in [0.1, 0.15) is 19.4 Å². The van der Waals surface area contributed by atoms with Crippen LogP contribution in [0.5, 0.6) is 0 Å². The summed E-state index contributed by atoms with van der Waals surface area (Å²) in [5.74, 6) is 0. The van der Waals surface area contributed by atoms with Gasteiger partial charge in [-0.3, -0.25) is 0 Å². The molecule has 112 valence electrons. The average Bonchev–Trinajstić information content (AvgIpc) is 2.86. The van der Waals surface area contributed by atoms with E-state index in [1.807, 2.05) is 30.3 Å². The van der Waals surface area contributed by atoms with Crippen molar-refractivity contribution in [1.29, 1.82) is 0 Å². The summed E-state index contributed by atoms with van der Waals surface area (Å²) >= 11 is 0. The Bertz CT molecular complexity index is 395. The van der Waals surface area contributed by atoms with Crippen LogP contribution in [0.3, 0.4) is 0 Å². The second kappa shape index (κ2) is 7.15. The van der Waals surface area contributed by atoms with E-state index >= 15 is 0 Å². The smallest absolute Gasteiger partial charge is 0.155 e. The van der Waals surface area contributed by atoms with Crippen molar-refractivity contribution in [2.45, 2.75) is 51.2 Å². The maximum Gasteiger partial charge on any atom is 0.155 e. The summed E-state index contributed by atoms with van der Waals surface area (Å²) in [7, 11) is 0. The number of benzene rings is 1. The maximum atomic E-state index is 10.3. The largest absolute Gasteiger partial charge is 0.391 e. The van der Waals surface area contributed by atoms with Gasteiger partial charge in [0.1, 0.15) is 18.3 Å². The van der Waals surface area contributed by atoms with Gasteiger partial charge in [0, 0.05) is 0 Å². The topological polar surface area (TPSA) is 68.2 Å². The molecule has 5 atom stereocenters. The van der Waals surface area contributed by atoms with Crippen LogP contribution in [-0.2, 0) is 20.8 Å². The minimum Gasteiger partial charge on any atom is -0.391 e. The van der Waals surface area contributed by atoms with Crippen LogP contribution in [0.2, 0.25) is 0 Å². The Morgan fingerprint density at radius 2 is 2.00 bits per heavy atom. The number of ether oxygens (including phenoxy) is 3. The predicted octanol–water partition coefficient (Wildman–Crippen LogP) is 1.07. The molecule has 2 rings (SSSR count). The minimum atomic E-state index is -0.927.